The number of aromatic hydroxyl groups is 3. The lowest BCUT2D eigenvalue weighted by Gasteiger charge is -2.12. The molecule has 0 amide bonds. The Morgan fingerprint density at radius 3 is 1.63 bits per heavy atom. The van der Waals surface area contributed by atoms with E-state index in [1.807, 2.05) is 0 Å². The van der Waals surface area contributed by atoms with E-state index < -0.39 is 80.2 Å². The molecule has 8 aromatic rings. The van der Waals surface area contributed by atoms with Gasteiger partial charge in [0.1, 0.15) is 43.1 Å². The highest BCUT2D eigenvalue weighted by Gasteiger charge is 2.25. The maximum atomic E-state index is 12.6. The van der Waals surface area contributed by atoms with Crippen molar-refractivity contribution in [2.45, 2.75) is 21.3 Å². The Bertz CT molecular complexity index is 3870. The third-order valence-corrected chi connectivity index (χ3v) is 12.7. The summed E-state index contributed by atoms with van der Waals surface area (Å²) >= 11 is 0. The minimum Gasteiger partial charge on any atom is -0.505 e. The molecule has 0 aliphatic rings. The number of phenolic OH excluding ortho intramolecular Hbond substituents is 3. The van der Waals surface area contributed by atoms with E-state index in [2.05, 4.69) is 40.9 Å². The highest BCUT2D eigenvalue weighted by Crippen LogP contribution is 2.47. The average molecular weight is 978 g/mol. The molecule has 0 atom stereocenters. The summed E-state index contributed by atoms with van der Waals surface area (Å²) < 4.78 is 103. The lowest BCUT2D eigenvalue weighted by atomic mass is 10.1. The molecular formula is C43H31N9O13S3. The number of fused-ring (bicyclic) bond motifs is 3. The summed E-state index contributed by atoms with van der Waals surface area (Å²) in [5.74, 6) is -1.61. The Morgan fingerprint density at radius 2 is 0.941 bits per heavy atom. The predicted octanol–water partition coefficient (Wildman–Crippen LogP) is 10.7. The summed E-state index contributed by atoms with van der Waals surface area (Å²) in [4.78, 5) is -2.12. The van der Waals surface area contributed by atoms with Crippen molar-refractivity contribution in [3.8, 4) is 17.2 Å². The van der Waals surface area contributed by atoms with Crippen LogP contribution < -0.4 is 5.73 Å². The van der Waals surface area contributed by atoms with E-state index in [1.54, 1.807) is 36.4 Å². The number of aliphatic hydroxyl groups excluding tert-OH is 1. The van der Waals surface area contributed by atoms with Crippen LogP contribution in [0.1, 0.15) is 5.56 Å². The molecule has 0 saturated carbocycles. The van der Waals surface area contributed by atoms with Gasteiger partial charge in [0.25, 0.3) is 30.4 Å². The number of rotatable bonds is 12. The van der Waals surface area contributed by atoms with Crippen molar-refractivity contribution >= 4 is 114 Å². The third-order valence-electron chi connectivity index (χ3n) is 10.1. The molecule has 0 aliphatic carbocycles. The van der Waals surface area contributed by atoms with Crippen LogP contribution in [0, 0.1) is 0 Å². The van der Waals surface area contributed by atoms with Crippen LogP contribution in [-0.2, 0) is 37.0 Å². The van der Waals surface area contributed by atoms with Gasteiger partial charge in [0.05, 0.1) is 34.7 Å². The normalized spacial score (nSPS) is 12.8. The van der Waals surface area contributed by atoms with E-state index in [-0.39, 0.29) is 66.7 Å². The van der Waals surface area contributed by atoms with Crippen LogP contribution in [0.5, 0.6) is 17.2 Å². The molecule has 0 spiro atoms. The van der Waals surface area contributed by atoms with E-state index in [9.17, 15) is 59.3 Å². The van der Waals surface area contributed by atoms with Crippen molar-refractivity contribution < 1.29 is 59.3 Å². The minimum atomic E-state index is -5.03. The first-order valence-electron chi connectivity index (χ1n) is 19.2. The van der Waals surface area contributed by atoms with Gasteiger partial charge in [0.2, 0.25) is 0 Å². The first-order valence-corrected chi connectivity index (χ1v) is 23.5. The van der Waals surface area contributed by atoms with Gasteiger partial charge >= 0.3 is 0 Å². The second-order valence-corrected chi connectivity index (χ2v) is 18.7. The zero-order valence-corrected chi connectivity index (χ0v) is 36.7. The number of anilines is 1. The maximum Gasteiger partial charge on any atom is 0.296 e. The van der Waals surface area contributed by atoms with Crippen LogP contribution in [0.3, 0.4) is 0 Å². The molecule has 25 heteroatoms. The van der Waals surface area contributed by atoms with E-state index >= 15 is 0 Å². The number of nitrogens with zero attached hydrogens (tertiary/aromatic N) is 8. The quantitative estimate of drug-likeness (QED) is 0.0321. The van der Waals surface area contributed by atoms with Crippen LogP contribution >= 0.6 is 0 Å². The second kappa shape index (κ2) is 17.9. The van der Waals surface area contributed by atoms with Crippen LogP contribution in [-0.4, -0.2) is 59.3 Å². The predicted molar refractivity (Wildman–Crippen MR) is 246 cm³/mol. The Kier molecular flexibility index (Phi) is 12.2. The molecule has 344 valence electrons. The van der Waals surface area contributed by atoms with Crippen molar-refractivity contribution in [3.05, 3.63) is 127 Å². The first kappa shape index (κ1) is 46.4. The number of hydrogen-bond donors (Lipinski definition) is 8. The lowest BCUT2D eigenvalue weighted by molar-refractivity contribution is 0.281. The minimum absolute atomic E-state index is 0.0265. The van der Waals surface area contributed by atoms with Crippen molar-refractivity contribution in [3.63, 3.8) is 0 Å². The molecule has 8 rings (SSSR count). The number of azo groups is 4. The van der Waals surface area contributed by atoms with Crippen molar-refractivity contribution in [2.75, 3.05) is 5.73 Å². The summed E-state index contributed by atoms with van der Waals surface area (Å²) in [6, 6.07) is 27.8. The third kappa shape index (κ3) is 9.42. The fraction of sp³-hybridized carbons (Fsp3) is 0.0233. The summed E-state index contributed by atoms with van der Waals surface area (Å²) in [6.45, 7) is -0.492. The van der Waals surface area contributed by atoms with Gasteiger partial charge in [0.15, 0.2) is 17.2 Å². The van der Waals surface area contributed by atoms with Crippen LogP contribution in [0.4, 0.5) is 51.2 Å². The Balaban J connectivity index is 1.11. The number of nitrogen functional groups attached to an aromatic ring is 1. The Hall–Kier alpha value is -8.17. The number of nitrogens with two attached hydrogens (primary N) is 1. The second-order valence-electron chi connectivity index (χ2n) is 14.5. The van der Waals surface area contributed by atoms with Gasteiger partial charge in [-0.25, -0.2) is 0 Å². The monoisotopic (exact) mass is 977 g/mol. The SMILES string of the molecule is Nc1c(N=Nc2ccc3cc(S(=O)(=O)O)c(N=Nc4ccccc4)c(O)c3c2)c(S(=O)(=O)O)cc2ccc(N=Nc3ccc4c(O)c(N=Nc5ccc(CO)cc5S(=O)(=O)O)ccc4c3)c(O)c12. The molecule has 8 aromatic carbocycles. The highest BCUT2D eigenvalue weighted by molar-refractivity contribution is 7.86. The zero-order chi connectivity index (χ0) is 48.7. The molecule has 22 nitrogen and oxygen atoms in total. The summed E-state index contributed by atoms with van der Waals surface area (Å²) in [7, 11) is -14.7. The van der Waals surface area contributed by atoms with Crippen LogP contribution in [0.15, 0.2) is 177 Å². The standard InChI is InChI=1S/C43H31N9O13S3/c44-38-37-25(9-15-33(43(37)56)49-46-27-11-12-29-23(17-27)8-14-32(41(29)54)50-48-31-13-6-22(21-53)16-34(31)66(57,58)59)19-35(67(60,61)62)39(38)51-47-28-10-7-24-18-36(68(63,64)65)40(42(55)30(24)20-28)52-45-26-4-2-1-3-5-26/h1-20,53-56H,21,44H2,(H,57,58,59)(H,60,61,62)(H,63,64,65). The molecule has 0 radical (unpaired) electrons. The summed E-state index contributed by atoms with van der Waals surface area (Å²) in [5, 5.41) is 75.7. The first-order chi connectivity index (χ1) is 32.2. The van der Waals surface area contributed by atoms with Gasteiger partial charge in [-0.05, 0) is 101 Å². The maximum absolute atomic E-state index is 12.6. The molecule has 9 N–H and O–H groups in total. The van der Waals surface area contributed by atoms with Crippen LogP contribution in [0.25, 0.3) is 32.3 Å². The smallest absolute Gasteiger partial charge is 0.296 e. The van der Waals surface area contributed by atoms with Gasteiger partial charge < -0.3 is 26.2 Å². The Labute approximate surface area is 383 Å². The molecule has 0 unspecified atom stereocenters. The van der Waals surface area contributed by atoms with Gasteiger partial charge in [-0.3, -0.25) is 13.7 Å². The molecule has 0 aliphatic heterocycles. The van der Waals surface area contributed by atoms with E-state index in [4.69, 9.17) is 5.73 Å². The average Bonchev–Trinajstić information content (AvgIpc) is 3.29. The lowest BCUT2D eigenvalue weighted by Crippen LogP contribution is -2.01. The highest BCUT2D eigenvalue weighted by atomic mass is 32.2. The largest absolute Gasteiger partial charge is 0.505 e. The number of hydrogen-bond acceptors (Lipinski definition) is 19. The van der Waals surface area contributed by atoms with Gasteiger partial charge in [-0.15, -0.1) is 25.6 Å². The number of benzene rings is 8. The molecule has 0 heterocycles. The molecule has 68 heavy (non-hydrogen) atoms. The van der Waals surface area contributed by atoms with E-state index in [1.165, 1.54) is 66.7 Å². The molecule has 0 saturated heterocycles. The van der Waals surface area contributed by atoms with E-state index in [0.29, 0.717) is 11.1 Å². The van der Waals surface area contributed by atoms with E-state index in [0.717, 1.165) is 18.2 Å². The fourth-order valence-corrected chi connectivity index (χ4v) is 8.83. The molecular weight excluding hydrogens is 947 g/mol. The molecule has 0 fully saturated rings. The summed E-state index contributed by atoms with van der Waals surface area (Å²) in [5.41, 5.74) is 5.03. The van der Waals surface area contributed by atoms with Gasteiger partial charge in [-0.1, -0.05) is 42.5 Å². The fourth-order valence-electron chi connectivity index (χ4n) is 6.83. The van der Waals surface area contributed by atoms with Crippen molar-refractivity contribution in [1.82, 2.24) is 0 Å². The topological polar surface area (TPSA) is 369 Å². The molecule has 0 aromatic heterocycles. The van der Waals surface area contributed by atoms with Crippen molar-refractivity contribution in [1.29, 1.82) is 0 Å². The van der Waals surface area contributed by atoms with Gasteiger partial charge in [-0.2, -0.15) is 40.6 Å². The van der Waals surface area contributed by atoms with Gasteiger partial charge in [0, 0.05) is 10.8 Å². The summed E-state index contributed by atoms with van der Waals surface area (Å²) in [6.07, 6.45) is 0. The molecule has 0 bridgehead atoms. The zero-order valence-electron chi connectivity index (χ0n) is 34.2. The number of aliphatic hydroxyl groups is 1. The van der Waals surface area contributed by atoms with Crippen LogP contribution in [0.2, 0.25) is 0 Å². The van der Waals surface area contributed by atoms with Crippen molar-refractivity contribution in [2.24, 2.45) is 40.9 Å². The number of phenols is 3. The Morgan fingerprint density at radius 1 is 0.426 bits per heavy atom.